The summed E-state index contributed by atoms with van der Waals surface area (Å²) in [7, 11) is 0. The summed E-state index contributed by atoms with van der Waals surface area (Å²) in [6, 6.07) is 5.63. The minimum atomic E-state index is -0.316. The van der Waals surface area contributed by atoms with Crippen LogP contribution in [0.1, 0.15) is 11.4 Å². The predicted octanol–water partition coefficient (Wildman–Crippen LogP) is 0.796. The van der Waals surface area contributed by atoms with Crippen LogP contribution < -0.4 is 5.73 Å². The lowest BCUT2D eigenvalue weighted by atomic mass is 10.2. The van der Waals surface area contributed by atoms with Crippen LogP contribution in [0, 0.1) is 6.92 Å². The minimum Gasteiger partial charge on any atom is -0.410 e. The molecule has 1 aromatic heterocycles. The molecule has 0 unspecified atom stereocenters. The molecule has 1 heterocycles. The van der Waals surface area contributed by atoms with Crippen molar-refractivity contribution in [1.29, 1.82) is 0 Å². The van der Waals surface area contributed by atoms with Crippen LogP contribution in [0.3, 0.4) is 0 Å². The number of hydrogen-bond acceptors (Lipinski definition) is 5. The second-order valence-corrected chi connectivity index (χ2v) is 3.54. The number of fused-ring (bicyclic) bond motifs is 1. The van der Waals surface area contributed by atoms with E-state index in [0.717, 1.165) is 11.1 Å². The van der Waals surface area contributed by atoms with Gasteiger partial charge in [0.1, 0.15) is 0 Å². The molecular formula is C10H11N5O2. The fourth-order valence-electron chi connectivity index (χ4n) is 1.50. The average Bonchev–Trinajstić information content (AvgIpc) is 2.72. The highest BCUT2D eigenvalue weighted by Gasteiger charge is 2.14. The Labute approximate surface area is 96.3 Å². The van der Waals surface area contributed by atoms with E-state index in [1.54, 1.807) is 0 Å². The Hall–Kier alpha value is -2.57. The zero-order valence-corrected chi connectivity index (χ0v) is 9.05. The van der Waals surface area contributed by atoms with Crippen molar-refractivity contribution in [2.45, 2.75) is 6.92 Å². The summed E-state index contributed by atoms with van der Waals surface area (Å²) in [5.74, 6) is -0.0771. The highest BCUT2D eigenvalue weighted by molar-refractivity contribution is 6.46. The molecule has 0 saturated heterocycles. The second kappa shape index (κ2) is 4.12. The first-order valence-electron chi connectivity index (χ1n) is 4.82. The highest BCUT2D eigenvalue weighted by atomic mass is 16.4. The first-order valence-corrected chi connectivity index (χ1v) is 4.82. The third-order valence-electron chi connectivity index (χ3n) is 2.31. The molecule has 7 nitrogen and oxygen atoms in total. The van der Waals surface area contributed by atoms with Gasteiger partial charge in [-0.3, -0.25) is 0 Å². The topological polar surface area (TPSA) is 120 Å². The molecule has 2 rings (SSSR count). The molecule has 0 aliphatic heterocycles. The molecular weight excluding hydrogens is 222 g/mol. The van der Waals surface area contributed by atoms with Gasteiger partial charge in [0, 0.05) is 0 Å². The van der Waals surface area contributed by atoms with Crippen LogP contribution in [0.2, 0.25) is 0 Å². The molecule has 0 atom stereocenters. The quantitative estimate of drug-likeness (QED) is 0.265. The number of nitrogens with zero attached hydrogens (tertiary/aromatic N) is 3. The summed E-state index contributed by atoms with van der Waals surface area (Å²) in [4.78, 5) is 7.10. The Morgan fingerprint density at radius 2 is 2.12 bits per heavy atom. The van der Waals surface area contributed by atoms with Gasteiger partial charge in [-0.05, 0) is 24.6 Å². The van der Waals surface area contributed by atoms with Gasteiger partial charge in [-0.2, -0.15) is 0 Å². The molecule has 7 heteroatoms. The molecule has 0 aliphatic carbocycles. The summed E-state index contributed by atoms with van der Waals surface area (Å²) in [6.07, 6.45) is 0. The SMILES string of the molecule is Cc1ccc2nc(C(=N/O)/C(N)=N/O)[nH]c2c1. The molecule has 17 heavy (non-hydrogen) atoms. The molecule has 0 saturated carbocycles. The molecule has 1 aromatic carbocycles. The maximum atomic E-state index is 8.82. The van der Waals surface area contributed by atoms with E-state index in [2.05, 4.69) is 20.3 Å². The van der Waals surface area contributed by atoms with Gasteiger partial charge in [-0.1, -0.05) is 16.4 Å². The third kappa shape index (κ3) is 1.89. The number of imidazole rings is 1. The smallest absolute Gasteiger partial charge is 0.196 e. The molecule has 5 N–H and O–H groups in total. The van der Waals surface area contributed by atoms with Crippen LogP contribution in [0.5, 0.6) is 0 Å². The first-order chi connectivity index (χ1) is 8.15. The van der Waals surface area contributed by atoms with E-state index in [1.165, 1.54) is 0 Å². The monoisotopic (exact) mass is 233 g/mol. The van der Waals surface area contributed by atoms with E-state index in [1.807, 2.05) is 25.1 Å². The largest absolute Gasteiger partial charge is 0.410 e. The van der Waals surface area contributed by atoms with Gasteiger partial charge >= 0.3 is 0 Å². The van der Waals surface area contributed by atoms with Crippen molar-refractivity contribution in [3.8, 4) is 0 Å². The number of aromatic amines is 1. The number of aryl methyl sites for hydroxylation is 1. The summed E-state index contributed by atoms with van der Waals surface area (Å²) in [5.41, 5.74) is 7.81. The van der Waals surface area contributed by atoms with Gasteiger partial charge in [-0.15, -0.1) is 0 Å². The maximum absolute atomic E-state index is 8.82. The van der Waals surface area contributed by atoms with Crippen LogP contribution in [0.4, 0.5) is 0 Å². The van der Waals surface area contributed by atoms with Gasteiger partial charge in [0.15, 0.2) is 17.4 Å². The number of rotatable bonds is 2. The zero-order valence-electron chi connectivity index (χ0n) is 9.05. The Bertz CT molecular complexity index is 614. The Kier molecular flexibility index (Phi) is 2.65. The van der Waals surface area contributed by atoms with Crippen molar-refractivity contribution in [2.24, 2.45) is 16.0 Å². The van der Waals surface area contributed by atoms with Crippen molar-refractivity contribution < 1.29 is 10.4 Å². The normalized spacial score (nSPS) is 13.2. The van der Waals surface area contributed by atoms with Crippen molar-refractivity contribution in [3.05, 3.63) is 29.6 Å². The Morgan fingerprint density at radius 1 is 1.35 bits per heavy atom. The molecule has 0 spiro atoms. The van der Waals surface area contributed by atoms with E-state index in [0.29, 0.717) is 5.52 Å². The minimum absolute atomic E-state index is 0.110. The van der Waals surface area contributed by atoms with E-state index >= 15 is 0 Å². The molecule has 0 fully saturated rings. The molecule has 0 aliphatic rings. The van der Waals surface area contributed by atoms with Crippen LogP contribution in [-0.2, 0) is 0 Å². The second-order valence-electron chi connectivity index (χ2n) is 3.54. The van der Waals surface area contributed by atoms with Gasteiger partial charge in [0.2, 0.25) is 0 Å². The summed E-state index contributed by atoms with van der Waals surface area (Å²) in [6.45, 7) is 1.95. The molecule has 0 amide bonds. The first kappa shape index (κ1) is 10.9. The lowest BCUT2D eigenvalue weighted by molar-refractivity contribution is 0.313. The molecule has 0 radical (unpaired) electrons. The number of oxime groups is 2. The van der Waals surface area contributed by atoms with Crippen LogP contribution >= 0.6 is 0 Å². The number of nitrogens with one attached hydrogen (secondary N) is 1. The van der Waals surface area contributed by atoms with Crippen molar-refractivity contribution in [3.63, 3.8) is 0 Å². The van der Waals surface area contributed by atoms with E-state index in [-0.39, 0.29) is 17.4 Å². The van der Waals surface area contributed by atoms with Crippen molar-refractivity contribution in [1.82, 2.24) is 9.97 Å². The number of amidine groups is 1. The standard InChI is InChI=1S/C10H11N5O2/c1-5-2-3-6-7(4-5)13-10(12-6)8(14-16)9(11)15-17/h2-4,16-17H,1H3,(H2,11,15)(H,12,13)/b14-8+. The maximum Gasteiger partial charge on any atom is 0.196 e. The molecule has 2 aromatic rings. The number of hydrogen-bond donors (Lipinski definition) is 4. The fourth-order valence-corrected chi connectivity index (χ4v) is 1.50. The lowest BCUT2D eigenvalue weighted by Gasteiger charge is -1.96. The van der Waals surface area contributed by atoms with E-state index in [4.69, 9.17) is 16.1 Å². The number of H-pyrrole nitrogens is 1. The Morgan fingerprint density at radius 3 is 2.76 bits per heavy atom. The Balaban J connectivity index is 2.56. The molecule has 88 valence electrons. The van der Waals surface area contributed by atoms with Crippen LogP contribution in [0.25, 0.3) is 11.0 Å². The number of aromatic nitrogens is 2. The predicted molar refractivity (Wildman–Crippen MR) is 62.6 cm³/mol. The number of nitrogens with two attached hydrogens (primary N) is 1. The third-order valence-corrected chi connectivity index (χ3v) is 2.31. The highest BCUT2D eigenvalue weighted by Crippen LogP contribution is 2.13. The van der Waals surface area contributed by atoms with E-state index < -0.39 is 0 Å². The average molecular weight is 233 g/mol. The van der Waals surface area contributed by atoms with E-state index in [9.17, 15) is 0 Å². The van der Waals surface area contributed by atoms with Crippen LogP contribution in [0.15, 0.2) is 28.5 Å². The summed E-state index contributed by atoms with van der Waals surface area (Å²) in [5, 5.41) is 23.1. The number of benzene rings is 1. The van der Waals surface area contributed by atoms with Gasteiger partial charge < -0.3 is 21.1 Å². The lowest BCUT2D eigenvalue weighted by Crippen LogP contribution is -2.25. The van der Waals surface area contributed by atoms with Crippen LogP contribution in [-0.4, -0.2) is 31.9 Å². The van der Waals surface area contributed by atoms with Gasteiger partial charge in [0.25, 0.3) is 0 Å². The summed E-state index contributed by atoms with van der Waals surface area (Å²) < 4.78 is 0. The van der Waals surface area contributed by atoms with Gasteiger partial charge in [0.05, 0.1) is 11.0 Å². The molecule has 0 bridgehead atoms. The fraction of sp³-hybridized carbons (Fsp3) is 0.100. The summed E-state index contributed by atoms with van der Waals surface area (Å²) >= 11 is 0. The van der Waals surface area contributed by atoms with Gasteiger partial charge in [-0.25, -0.2) is 4.98 Å². The zero-order chi connectivity index (χ0) is 12.4. The van der Waals surface area contributed by atoms with Crippen molar-refractivity contribution >= 4 is 22.6 Å². The van der Waals surface area contributed by atoms with Crippen molar-refractivity contribution in [2.75, 3.05) is 0 Å².